The summed E-state index contributed by atoms with van der Waals surface area (Å²) in [5, 5.41) is 3.01. The third kappa shape index (κ3) is 6.38. The monoisotopic (exact) mass is 374 g/mol. The van der Waals surface area contributed by atoms with Crippen LogP contribution in [0.25, 0.3) is 0 Å². The number of esters is 1. The van der Waals surface area contributed by atoms with E-state index < -0.39 is 11.9 Å². The van der Waals surface area contributed by atoms with E-state index in [1.807, 2.05) is 6.07 Å². The normalized spacial score (nSPS) is 11.7. The number of ether oxygens (including phenoxy) is 2. The second-order valence-corrected chi connectivity index (χ2v) is 6.10. The highest BCUT2D eigenvalue weighted by Crippen LogP contribution is 2.20. The Morgan fingerprint density at radius 2 is 1.85 bits per heavy atom. The molecule has 3 N–H and O–H groups in total. The van der Waals surface area contributed by atoms with Gasteiger partial charge in [-0.3, -0.25) is 9.59 Å². The SMILES string of the molecule is COC(=O)Cc1cc(OCc2ccc(F)cc2)ccc1CN[C@@H](C)C(N)=O. The number of carbonyl (C=O) groups is 2. The average molecular weight is 374 g/mol. The van der Waals surface area contributed by atoms with Crippen molar-refractivity contribution < 1.29 is 23.5 Å². The maximum absolute atomic E-state index is 13.0. The number of hydrogen-bond acceptors (Lipinski definition) is 5. The molecule has 0 aliphatic carbocycles. The summed E-state index contributed by atoms with van der Waals surface area (Å²) in [6, 6.07) is 10.9. The molecule has 2 aromatic carbocycles. The molecular formula is C20H23FN2O4. The number of primary amides is 1. The van der Waals surface area contributed by atoms with Crippen LogP contribution in [0.4, 0.5) is 4.39 Å². The minimum atomic E-state index is -0.495. The van der Waals surface area contributed by atoms with Gasteiger partial charge in [0.15, 0.2) is 0 Å². The van der Waals surface area contributed by atoms with Crippen molar-refractivity contribution in [2.45, 2.75) is 32.5 Å². The zero-order valence-corrected chi connectivity index (χ0v) is 15.3. The average Bonchev–Trinajstić information content (AvgIpc) is 2.66. The first-order valence-electron chi connectivity index (χ1n) is 8.47. The van der Waals surface area contributed by atoms with Crippen LogP contribution in [-0.4, -0.2) is 25.0 Å². The van der Waals surface area contributed by atoms with Crippen molar-refractivity contribution in [3.8, 4) is 5.75 Å². The minimum absolute atomic E-state index is 0.0756. The van der Waals surface area contributed by atoms with Crippen LogP contribution >= 0.6 is 0 Å². The van der Waals surface area contributed by atoms with Gasteiger partial charge in [-0.25, -0.2) is 4.39 Å². The van der Waals surface area contributed by atoms with E-state index in [4.69, 9.17) is 15.2 Å². The van der Waals surface area contributed by atoms with Gasteiger partial charge in [-0.05, 0) is 47.9 Å². The zero-order chi connectivity index (χ0) is 19.8. The Bertz CT molecular complexity index is 793. The summed E-state index contributed by atoms with van der Waals surface area (Å²) in [5.41, 5.74) is 7.64. The Balaban J connectivity index is 2.11. The molecule has 1 atom stereocenters. The molecule has 0 saturated carbocycles. The number of amides is 1. The predicted octanol–water partition coefficient (Wildman–Crippen LogP) is 2.08. The highest BCUT2D eigenvalue weighted by atomic mass is 19.1. The maximum atomic E-state index is 13.0. The standard InChI is InChI=1S/C20H23FN2O4/c1-13(20(22)25)23-11-15-5-8-18(9-16(15)10-19(24)26-2)27-12-14-3-6-17(21)7-4-14/h3-9,13,23H,10-12H2,1-2H3,(H2,22,25)/t13-/m0/s1. The molecule has 2 rings (SSSR count). The van der Waals surface area contributed by atoms with Crippen molar-refractivity contribution in [3.63, 3.8) is 0 Å². The fraction of sp³-hybridized carbons (Fsp3) is 0.300. The molecule has 0 saturated heterocycles. The second kappa shape index (κ2) is 9.68. The summed E-state index contributed by atoms with van der Waals surface area (Å²) in [5.74, 6) is -0.565. The lowest BCUT2D eigenvalue weighted by molar-refractivity contribution is -0.139. The molecule has 27 heavy (non-hydrogen) atoms. The van der Waals surface area contributed by atoms with Crippen molar-refractivity contribution in [2.75, 3.05) is 7.11 Å². The quantitative estimate of drug-likeness (QED) is 0.656. The van der Waals surface area contributed by atoms with Gasteiger partial charge in [0.25, 0.3) is 0 Å². The van der Waals surface area contributed by atoms with Crippen LogP contribution in [0, 0.1) is 5.82 Å². The molecule has 0 radical (unpaired) electrons. The molecule has 0 fully saturated rings. The van der Waals surface area contributed by atoms with Gasteiger partial charge < -0.3 is 20.5 Å². The molecule has 0 aliphatic heterocycles. The van der Waals surface area contributed by atoms with Crippen LogP contribution < -0.4 is 15.8 Å². The maximum Gasteiger partial charge on any atom is 0.309 e. The van der Waals surface area contributed by atoms with Crippen LogP contribution in [0.2, 0.25) is 0 Å². The van der Waals surface area contributed by atoms with Crippen molar-refractivity contribution in [2.24, 2.45) is 5.73 Å². The molecule has 0 heterocycles. The van der Waals surface area contributed by atoms with Gasteiger partial charge in [0.1, 0.15) is 18.2 Å². The van der Waals surface area contributed by atoms with Gasteiger partial charge >= 0.3 is 5.97 Å². The van der Waals surface area contributed by atoms with Crippen molar-refractivity contribution in [3.05, 3.63) is 65.0 Å². The largest absolute Gasteiger partial charge is 0.489 e. The summed E-state index contributed by atoms with van der Waals surface area (Å²) in [6.45, 7) is 2.31. The lowest BCUT2D eigenvalue weighted by Crippen LogP contribution is -2.38. The van der Waals surface area contributed by atoms with Crippen LogP contribution in [0.15, 0.2) is 42.5 Å². The summed E-state index contributed by atoms with van der Waals surface area (Å²) in [4.78, 5) is 22.9. The Labute approximate surface area is 157 Å². The first-order valence-corrected chi connectivity index (χ1v) is 8.47. The Morgan fingerprint density at radius 3 is 2.48 bits per heavy atom. The van der Waals surface area contributed by atoms with Gasteiger partial charge in [0.05, 0.1) is 19.6 Å². The number of methoxy groups -OCH3 is 1. The van der Waals surface area contributed by atoms with E-state index in [-0.39, 0.29) is 24.8 Å². The van der Waals surface area contributed by atoms with E-state index in [2.05, 4.69) is 5.32 Å². The molecule has 6 nitrogen and oxygen atoms in total. The van der Waals surface area contributed by atoms with Crippen molar-refractivity contribution in [1.82, 2.24) is 5.32 Å². The van der Waals surface area contributed by atoms with Crippen molar-refractivity contribution in [1.29, 1.82) is 0 Å². The number of nitrogens with two attached hydrogens (primary N) is 1. The number of rotatable bonds is 9. The fourth-order valence-electron chi connectivity index (χ4n) is 2.37. The number of carbonyl (C=O) groups excluding carboxylic acids is 2. The van der Waals surface area contributed by atoms with E-state index in [0.29, 0.717) is 12.3 Å². The van der Waals surface area contributed by atoms with E-state index in [1.54, 1.807) is 31.2 Å². The molecule has 0 unspecified atom stereocenters. The minimum Gasteiger partial charge on any atom is -0.489 e. The summed E-state index contributed by atoms with van der Waals surface area (Å²) in [6.07, 6.45) is 0.0756. The van der Waals surface area contributed by atoms with Crippen LogP contribution in [0.3, 0.4) is 0 Å². The molecule has 7 heteroatoms. The molecular weight excluding hydrogens is 351 g/mol. The summed E-state index contributed by atoms with van der Waals surface area (Å²) in [7, 11) is 1.32. The summed E-state index contributed by atoms with van der Waals surface area (Å²) >= 11 is 0. The smallest absolute Gasteiger partial charge is 0.309 e. The zero-order valence-electron chi connectivity index (χ0n) is 15.3. The first kappa shape index (κ1) is 20.4. The van der Waals surface area contributed by atoms with E-state index in [9.17, 15) is 14.0 Å². The third-order valence-corrected chi connectivity index (χ3v) is 4.08. The van der Waals surface area contributed by atoms with Gasteiger partial charge in [-0.15, -0.1) is 0 Å². The number of hydrogen-bond donors (Lipinski definition) is 2. The van der Waals surface area contributed by atoms with Gasteiger partial charge in [0, 0.05) is 6.54 Å². The van der Waals surface area contributed by atoms with Crippen LogP contribution in [-0.2, 0) is 33.9 Å². The lowest BCUT2D eigenvalue weighted by Gasteiger charge is -2.15. The summed E-state index contributed by atoms with van der Waals surface area (Å²) < 4.78 is 23.4. The number of nitrogens with one attached hydrogen (secondary N) is 1. The second-order valence-electron chi connectivity index (χ2n) is 6.10. The topological polar surface area (TPSA) is 90.7 Å². The predicted molar refractivity (Wildman–Crippen MR) is 98.4 cm³/mol. The first-order chi connectivity index (χ1) is 12.9. The van der Waals surface area contributed by atoms with E-state index in [1.165, 1.54) is 19.2 Å². The fourth-order valence-corrected chi connectivity index (χ4v) is 2.37. The molecule has 0 aromatic heterocycles. The number of benzene rings is 2. The molecule has 0 spiro atoms. The lowest BCUT2D eigenvalue weighted by atomic mass is 10.0. The van der Waals surface area contributed by atoms with E-state index in [0.717, 1.165) is 16.7 Å². The molecule has 0 aliphatic rings. The highest BCUT2D eigenvalue weighted by Gasteiger charge is 2.13. The molecule has 2 aromatic rings. The van der Waals surface area contributed by atoms with Gasteiger partial charge in [0.2, 0.25) is 5.91 Å². The Morgan fingerprint density at radius 1 is 1.15 bits per heavy atom. The Kier molecular flexibility index (Phi) is 7.31. The van der Waals surface area contributed by atoms with Gasteiger partial charge in [-0.2, -0.15) is 0 Å². The van der Waals surface area contributed by atoms with Crippen molar-refractivity contribution >= 4 is 11.9 Å². The molecule has 1 amide bonds. The van der Waals surface area contributed by atoms with Crippen LogP contribution in [0.1, 0.15) is 23.6 Å². The highest BCUT2D eigenvalue weighted by molar-refractivity contribution is 5.79. The Hall–Kier alpha value is -2.93. The molecule has 144 valence electrons. The van der Waals surface area contributed by atoms with Gasteiger partial charge in [-0.1, -0.05) is 18.2 Å². The number of halogens is 1. The van der Waals surface area contributed by atoms with E-state index >= 15 is 0 Å². The third-order valence-electron chi connectivity index (χ3n) is 4.08. The van der Waals surface area contributed by atoms with Crippen LogP contribution in [0.5, 0.6) is 5.75 Å². The molecule has 0 bridgehead atoms.